The number of amides is 1. The van der Waals surface area contributed by atoms with Crippen molar-refractivity contribution < 1.29 is 9.72 Å². The first-order valence-electron chi connectivity index (χ1n) is 6.76. The van der Waals surface area contributed by atoms with Gasteiger partial charge in [0, 0.05) is 24.7 Å². The molecule has 1 unspecified atom stereocenters. The molecule has 1 atom stereocenters. The number of carbonyl (C=O) groups is 1. The summed E-state index contributed by atoms with van der Waals surface area (Å²) in [6, 6.07) is 6.55. The highest BCUT2D eigenvalue weighted by Crippen LogP contribution is 2.12. The van der Waals surface area contributed by atoms with Gasteiger partial charge >= 0.3 is 0 Å². The molecule has 0 aliphatic heterocycles. The summed E-state index contributed by atoms with van der Waals surface area (Å²) in [6.07, 6.45) is 1.99. The molecule has 0 aromatic heterocycles. The van der Waals surface area contributed by atoms with Gasteiger partial charge in [-0.1, -0.05) is 25.5 Å². The Morgan fingerprint density at radius 3 is 2.85 bits per heavy atom. The van der Waals surface area contributed by atoms with Crippen molar-refractivity contribution in [3.05, 3.63) is 39.9 Å². The van der Waals surface area contributed by atoms with E-state index < -0.39 is 4.92 Å². The van der Waals surface area contributed by atoms with Crippen LogP contribution in [0.3, 0.4) is 0 Å². The smallest absolute Gasteiger partial charge is 0.269 e. The molecule has 0 aliphatic rings. The molecule has 6 nitrogen and oxygen atoms in total. The van der Waals surface area contributed by atoms with Gasteiger partial charge in [0.2, 0.25) is 5.91 Å². The van der Waals surface area contributed by atoms with Crippen LogP contribution in [-0.2, 0) is 11.3 Å². The number of non-ortho nitro benzene ring substituents is 1. The van der Waals surface area contributed by atoms with Gasteiger partial charge in [-0.3, -0.25) is 14.9 Å². The molecule has 0 heterocycles. The van der Waals surface area contributed by atoms with Crippen molar-refractivity contribution in [2.45, 2.75) is 39.3 Å². The molecule has 1 aromatic carbocycles. The van der Waals surface area contributed by atoms with Gasteiger partial charge in [-0.2, -0.15) is 0 Å². The standard InChI is InChI=1S/C14H21N3O3/c1-3-5-11(2)16-14(18)10-15-9-12-6-4-7-13(8-12)17(19)20/h4,6-8,11,15H,3,5,9-10H2,1-2H3,(H,16,18). The summed E-state index contributed by atoms with van der Waals surface area (Å²) in [4.78, 5) is 21.8. The van der Waals surface area contributed by atoms with Crippen LogP contribution < -0.4 is 10.6 Å². The lowest BCUT2D eigenvalue weighted by atomic mass is 10.2. The van der Waals surface area contributed by atoms with Gasteiger partial charge in [-0.25, -0.2) is 0 Å². The van der Waals surface area contributed by atoms with Gasteiger partial charge in [-0.05, 0) is 18.9 Å². The summed E-state index contributed by atoms with van der Waals surface area (Å²) >= 11 is 0. The van der Waals surface area contributed by atoms with Crippen LogP contribution in [-0.4, -0.2) is 23.4 Å². The lowest BCUT2D eigenvalue weighted by Crippen LogP contribution is -2.38. The van der Waals surface area contributed by atoms with E-state index in [-0.39, 0.29) is 24.2 Å². The third-order valence-electron chi connectivity index (χ3n) is 2.87. The molecule has 0 spiro atoms. The van der Waals surface area contributed by atoms with Crippen LogP contribution in [0.5, 0.6) is 0 Å². The maximum Gasteiger partial charge on any atom is 0.269 e. The van der Waals surface area contributed by atoms with Crippen LogP contribution in [0.25, 0.3) is 0 Å². The number of nitro groups is 1. The minimum Gasteiger partial charge on any atom is -0.353 e. The van der Waals surface area contributed by atoms with E-state index in [1.165, 1.54) is 12.1 Å². The Labute approximate surface area is 118 Å². The highest BCUT2D eigenvalue weighted by atomic mass is 16.6. The molecule has 0 saturated heterocycles. The van der Waals surface area contributed by atoms with Crippen molar-refractivity contribution in [3.8, 4) is 0 Å². The maximum absolute atomic E-state index is 11.6. The second-order valence-electron chi connectivity index (χ2n) is 4.79. The molecule has 0 saturated carbocycles. The number of nitrogens with one attached hydrogen (secondary N) is 2. The number of rotatable bonds is 8. The van der Waals surface area contributed by atoms with E-state index in [4.69, 9.17) is 0 Å². The minimum atomic E-state index is -0.428. The van der Waals surface area contributed by atoms with Crippen LogP contribution in [0, 0.1) is 10.1 Å². The van der Waals surface area contributed by atoms with E-state index in [0.29, 0.717) is 6.54 Å². The first-order chi connectivity index (χ1) is 9.52. The molecule has 1 rings (SSSR count). The fourth-order valence-corrected chi connectivity index (χ4v) is 1.93. The van der Waals surface area contributed by atoms with E-state index in [2.05, 4.69) is 17.6 Å². The average molecular weight is 279 g/mol. The van der Waals surface area contributed by atoms with Crippen molar-refractivity contribution >= 4 is 11.6 Å². The van der Waals surface area contributed by atoms with Gasteiger partial charge in [0.05, 0.1) is 11.5 Å². The molecular formula is C14H21N3O3. The molecule has 6 heteroatoms. The summed E-state index contributed by atoms with van der Waals surface area (Å²) in [5, 5.41) is 16.5. The quantitative estimate of drug-likeness (QED) is 0.563. The molecule has 0 bridgehead atoms. The lowest BCUT2D eigenvalue weighted by Gasteiger charge is -2.13. The van der Waals surface area contributed by atoms with Crippen molar-refractivity contribution in [2.24, 2.45) is 0 Å². The molecule has 110 valence electrons. The van der Waals surface area contributed by atoms with Crippen LogP contribution in [0.4, 0.5) is 5.69 Å². The third-order valence-corrected chi connectivity index (χ3v) is 2.87. The van der Waals surface area contributed by atoms with Gasteiger partial charge in [-0.15, -0.1) is 0 Å². The number of benzene rings is 1. The number of nitrogens with zero attached hydrogens (tertiary/aromatic N) is 1. The van der Waals surface area contributed by atoms with Gasteiger partial charge in [0.1, 0.15) is 0 Å². The van der Waals surface area contributed by atoms with Crippen molar-refractivity contribution in [1.29, 1.82) is 0 Å². The van der Waals surface area contributed by atoms with Gasteiger partial charge in [0.25, 0.3) is 5.69 Å². The summed E-state index contributed by atoms with van der Waals surface area (Å²) in [6.45, 7) is 4.68. The second-order valence-corrected chi connectivity index (χ2v) is 4.79. The summed E-state index contributed by atoms with van der Waals surface area (Å²) in [7, 11) is 0. The minimum absolute atomic E-state index is 0.0589. The van der Waals surface area contributed by atoms with Crippen LogP contribution >= 0.6 is 0 Å². The van der Waals surface area contributed by atoms with Crippen molar-refractivity contribution in [3.63, 3.8) is 0 Å². The van der Waals surface area contributed by atoms with Crippen LogP contribution in [0.2, 0.25) is 0 Å². The Bertz CT molecular complexity index is 463. The number of hydrogen-bond acceptors (Lipinski definition) is 4. The topological polar surface area (TPSA) is 84.3 Å². The molecule has 0 aliphatic carbocycles. The summed E-state index contributed by atoms with van der Waals surface area (Å²) in [5.41, 5.74) is 0.846. The molecule has 2 N–H and O–H groups in total. The predicted octanol–water partition coefficient (Wildman–Crippen LogP) is 1.99. The molecule has 1 aromatic rings. The Morgan fingerprint density at radius 1 is 1.45 bits per heavy atom. The van der Waals surface area contributed by atoms with Crippen LogP contribution in [0.1, 0.15) is 32.3 Å². The zero-order chi connectivity index (χ0) is 15.0. The third kappa shape index (κ3) is 5.79. The normalized spacial score (nSPS) is 11.9. The van der Waals surface area contributed by atoms with Gasteiger partial charge < -0.3 is 10.6 Å². The SMILES string of the molecule is CCCC(C)NC(=O)CNCc1cccc([N+](=O)[O-])c1. The zero-order valence-electron chi connectivity index (χ0n) is 11.9. The number of hydrogen-bond donors (Lipinski definition) is 2. The first kappa shape index (κ1) is 16.1. The second kappa shape index (κ2) is 8.27. The van der Waals surface area contributed by atoms with E-state index in [1.54, 1.807) is 12.1 Å². The fourth-order valence-electron chi connectivity index (χ4n) is 1.93. The monoisotopic (exact) mass is 279 g/mol. The summed E-state index contributed by atoms with van der Waals surface area (Å²) in [5.74, 6) is -0.0589. The average Bonchev–Trinajstić information content (AvgIpc) is 2.39. The van der Waals surface area contributed by atoms with E-state index in [0.717, 1.165) is 18.4 Å². The highest BCUT2D eigenvalue weighted by Gasteiger charge is 2.07. The molecule has 0 radical (unpaired) electrons. The number of carbonyl (C=O) groups excluding carboxylic acids is 1. The zero-order valence-corrected chi connectivity index (χ0v) is 11.9. The summed E-state index contributed by atoms with van der Waals surface area (Å²) < 4.78 is 0. The predicted molar refractivity (Wildman–Crippen MR) is 77.3 cm³/mol. The first-order valence-corrected chi connectivity index (χ1v) is 6.76. The molecule has 1 amide bonds. The fraction of sp³-hybridized carbons (Fsp3) is 0.500. The molecule has 0 fully saturated rings. The Hall–Kier alpha value is -1.95. The Morgan fingerprint density at radius 2 is 2.20 bits per heavy atom. The van der Waals surface area contributed by atoms with Crippen LogP contribution in [0.15, 0.2) is 24.3 Å². The largest absolute Gasteiger partial charge is 0.353 e. The van der Waals surface area contributed by atoms with Crippen molar-refractivity contribution in [1.82, 2.24) is 10.6 Å². The Kier molecular flexibility index (Phi) is 6.66. The van der Waals surface area contributed by atoms with Gasteiger partial charge in [0.15, 0.2) is 0 Å². The maximum atomic E-state index is 11.6. The highest BCUT2D eigenvalue weighted by molar-refractivity contribution is 5.78. The molecule has 20 heavy (non-hydrogen) atoms. The molecular weight excluding hydrogens is 258 g/mol. The number of nitro benzene ring substituents is 1. The van der Waals surface area contributed by atoms with E-state index >= 15 is 0 Å². The van der Waals surface area contributed by atoms with E-state index in [1.807, 2.05) is 6.92 Å². The lowest BCUT2D eigenvalue weighted by molar-refractivity contribution is -0.384. The van der Waals surface area contributed by atoms with E-state index in [9.17, 15) is 14.9 Å². The van der Waals surface area contributed by atoms with Crippen molar-refractivity contribution in [2.75, 3.05) is 6.54 Å². The Balaban J connectivity index is 2.35.